The first kappa shape index (κ1) is 16.3. The number of aromatic nitrogens is 1. The molecule has 2 aromatic rings. The largest absolute Gasteiger partial charge is 0.497 e. The first-order valence-electron chi connectivity index (χ1n) is 8.14. The molecule has 0 bridgehead atoms. The highest BCUT2D eigenvalue weighted by molar-refractivity contribution is 5.97. The quantitative estimate of drug-likeness (QED) is 0.866. The van der Waals surface area contributed by atoms with Gasteiger partial charge in [-0.15, -0.1) is 0 Å². The fourth-order valence-electron chi connectivity index (χ4n) is 3.20. The summed E-state index contributed by atoms with van der Waals surface area (Å²) in [7, 11) is 3.17. The van der Waals surface area contributed by atoms with Crippen molar-refractivity contribution in [3.63, 3.8) is 0 Å². The minimum absolute atomic E-state index is 0.0164. The molecule has 0 N–H and O–H groups in total. The molecular formula is C19H22N2O3. The number of carbonyl (C=O) groups excluding carboxylic acids is 1. The Labute approximate surface area is 142 Å². The lowest BCUT2D eigenvalue weighted by molar-refractivity contribution is 0.0709. The number of piperidine rings is 1. The van der Waals surface area contributed by atoms with E-state index in [4.69, 9.17) is 9.47 Å². The van der Waals surface area contributed by atoms with E-state index in [2.05, 4.69) is 17.1 Å². The standard InChI is InChI=1S/C19H22N2O3/c1-23-16-3-4-17(18(13-16)24-2)19(22)21-11-7-15(8-12-21)14-5-9-20-10-6-14/h3-6,9-10,13,15H,7-8,11-12H2,1-2H3. The van der Waals surface area contributed by atoms with Crippen LogP contribution < -0.4 is 9.47 Å². The van der Waals surface area contributed by atoms with Crippen LogP contribution in [0.25, 0.3) is 0 Å². The molecule has 0 unspecified atom stereocenters. The van der Waals surface area contributed by atoms with Crippen molar-refractivity contribution in [2.24, 2.45) is 0 Å². The number of ether oxygens (including phenoxy) is 2. The van der Waals surface area contributed by atoms with E-state index in [0.717, 1.165) is 25.9 Å². The molecule has 2 heterocycles. The minimum atomic E-state index is 0.0164. The van der Waals surface area contributed by atoms with Gasteiger partial charge in [-0.2, -0.15) is 0 Å². The number of hydrogen-bond acceptors (Lipinski definition) is 4. The summed E-state index contributed by atoms with van der Waals surface area (Å²) in [6.45, 7) is 1.50. The Morgan fingerprint density at radius 1 is 1.08 bits per heavy atom. The van der Waals surface area contributed by atoms with Crippen molar-refractivity contribution in [3.8, 4) is 11.5 Å². The van der Waals surface area contributed by atoms with Crippen molar-refractivity contribution in [3.05, 3.63) is 53.9 Å². The number of hydrogen-bond donors (Lipinski definition) is 0. The first-order valence-corrected chi connectivity index (χ1v) is 8.14. The average molecular weight is 326 g/mol. The topological polar surface area (TPSA) is 51.7 Å². The van der Waals surface area contributed by atoms with Crippen LogP contribution in [0.2, 0.25) is 0 Å². The summed E-state index contributed by atoms with van der Waals surface area (Å²) in [6.07, 6.45) is 5.59. The number of likely N-dealkylation sites (tertiary alicyclic amines) is 1. The summed E-state index contributed by atoms with van der Waals surface area (Å²) in [5.74, 6) is 1.74. The van der Waals surface area contributed by atoms with E-state index < -0.39 is 0 Å². The molecular weight excluding hydrogens is 304 g/mol. The van der Waals surface area contributed by atoms with Gasteiger partial charge in [-0.25, -0.2) is 0 Å². The van der Waals surface area contributed by atoms with Crippen molar-refractivity contribution in [1.29, 1.82) is 0 Å². The molecule has 5 heteroatoms. The van der Waals surface area contributed by atoms with E-state index in [1.807, 2.05) is 17.3 Å². The third-order valence-electron chi connectivity index (χ3n) is 4.60. The number of carbonyl (C=O) groups is 1. The van der Waals surface area contributed by atoms with Gasteiger partial charge in [0.2, 0.25) is 0 Å². The Morgan fingerprint density at radius 3 is 2.42 bits per heavy atom. The van der Waals surface area contributed by atoms with Gasteiger partial charge >= 0.3 is 0 Å². The van der Waals surface area contributed by atoms with Gasteiger partial charge in [-0.3, -0.25) is 9.78 Å². The fourth-order valence-corrected chi connectivity index (χ4v) is 3.20. The molecule has 5 nitrogen and oxygen atoms in total. The first-order chi connectivity index (χ1) is 11.7. The molecule has 0 radical (unpaired) electrons. The average Bonchev–Trinajstić information content (AvgIpc) is 2.67. The third kappa shape index (κ3) is 3.35. The van der Waals surface area contributed by atoms with Crippen LogP contribution in [0.5, 0.6) is 11.5 Å². The predicted octanol–water partition coefficient (Wildman–Crippen LogP) is 3.12. The summed E-state index contributed by atoms with van der Waals surface area (Å²) < 4.78 is 10.5. The van der Waals surface area contributed by atoms with Crippen LogP contribution in [-0.2, 0) is 0 Å². The van der Waals surface area contributed by atoms with Crippen molar-refractivity contribution in [2.75, 3.05) is 27.3 Å². The van der Waals surface area contributed by atoms with Gasteiger partial charge in [-0.05, 0) is 48.6 Å². The Hall–Kier alpha value is -2.56. The summed E-state index contributed by atoms with van der Waals surface area (Å²) in [4.78, 5) is 18.8. The predicted molar refractivity (Wildman–Crippen MR) is 91.7 cm³/mol. The minimum Gasteiger partial charge on any atom is -0.497 e. The lowest BCUT2D eigenvalue weighted by Crippen LogP contribution is -2.38. The van der Waals surface area contributed by atoms with Crippen LogP contribution >= 0.6 is 0 Å². The molecule has 0 atom stereocenters. The molecule has 1 aromatic carbocycles. The number of pyridine rings is 1. The number of rotatable bonds is 4. The normalized spacial score (nSPS) is 15.2. The van der Waals surface area contributed by atoms with Gasteiger partial charge in [0, 0.05) is 31.5 Å². The molecule has 1 saturated heterocycles. The molecule has 24 heavy (non-hydrogen) atoms. The molecule has 1 aromatic heterocycles. The highest BCUT2D eigenvalue weighted by Crippen LogP contribution is 2.30. The zero-order chi connectivity index (χ0) is 16.9. The van der Waals surface area contributed by atoms with Gasteiger partial charge in [0.05, 0.1) is 19.8 Å². The van der Waals surface area contributed by atoms with Crippen LogP contribution in [-0.4, -0.2) is 43.1 Å². The maximum Gasteiger partial charge on any atom is 0.257 e. The molecule has 0 saturated carbocycles. The lowest BCUT2D eigenvalue weighted by Gasteiger charge is -2.32. The maximum absolute atomic E-state index is 12.8. The lowest BCUT2D eigenvalue weighted by atomic mass is 9.90. The molecule has 1 aliphatic heterocycles. The zero-order valence-corrected chi connectivity index (χ0v) is 14.1. The van der Waals surface area contributed by atoms with Crippen LogP contribution in [0, 0.1) is 0 Å². The molecule has 126 valence electrons. The maximum atomic E-state index is 12.8. The number of amides is 1. The van der Waals surface area contributed by atoms with Crippen molar-refractivity contribution in [1.82, 2.24) is 9.88 Å². The Morgan fingerprint density at radius 2 is 1.79 bits per heavy atom. The van der Waals surface area contributed by atoms with Gasteiger partial charge in [0.1, 0.15) is 11.5 Å². The van der Waals surface area contributed by atoms with E-state index in [9.17, 15) is 4.79 Å². The molecule has 3 rings (SSSR count). The Balaban J connectivity index is 1.69. The second-order valence-electron chi connectivity index (χ2n) is 5.91. The van der Waals surface area contributed by atoms with Crippen LogP contribution in [0.15, 0.2) is 42.7 Å². The van der Waals surface area contributed by atoms with Crippen LogP contribution in [0.4, 0.5) is 0 Å². The molecule has 0 aliphatic carbocycles. The van der Waals surface area contributed by atoms with E-state index in [0.29, 0.717) is 23.0 Å². The molecule has 1 aliphatic rings. The molecule has 1 fully saturated rings. The van der Waals surface area contributed by atoms with E-state index in [-0.39, 0.29) is 5.91 Å². The number of benzene rings is 1. The third-order valence-corrected chi connectivity index (χ3v) is 4.60. The van der Waals surface area contributed by atoms with Gasteiger partial charge in [-0.1, -0.05) is 0 Å². The fraction of sp³-hybridized carbons (Fsp3) is 0.368. The van der Waals surface area contributed by atoms with Gasteiger partial charge in [0.15, 0.2) is 0 Å². The summed E-state index contributed by atoms with van der Waals surface area (Å²) in [5.41, 5.74) is 1.89. The monoisotopic (exact) mass is 326 g/mol. The highest BCUT2D eigenvalue weighted by Gasteiger charge is 2.26. The highest BCUT2D eigenvalue weighted by atomic mass is 16.5. The zero-order valence-electron chi connectivity index (χ0n) is 14.1. The molecule has 0 spiro atoms. The second-order valence-corrected chi connectivity index (χ2v) is 5.91. The number of nitrogens with zero attached hydrogens (tertiary/aromatic N) is 2. The van der Waals surface area contributed by atoms with E-state index >= 15 is 0 Å². The molecule has 1 amide bonds. The van der Waals surface area contributed by atoms with Crippen LogP contribution in [0.1, 0.15) is 34.7 Å². The smallest absolute Gasteiger partial charge is 0.257 e. The summed E-state index contributed by atoms with van der Waals surface area (Å²) in [5, 5.41) is 0. The van der Waals surface area contributed by atoms with E-state index in [1.165, 1.54) is 5.56 Å². The second kappa shape index (κ2) is 7.34. The van der Waals surface area contributed by atoms with Crippen molar-refractivity contribution in [2.45, 2.75) is 18.8 Å². The number of methoxy groups -OCH3 is 2. The summed E-state index contributed by atoms with van der Waals surface area (Å²) in [6, 6.07) is 9.44. The van der Waals surface area contributed by atoms with Gasteiger partial charge in [0.25, 0.3) is 5.91 Å². The summed E-state index contributed by atoms with van der Waals surface area (Å²) >= 11 is 0. The van der Waals surface area contributed by atoms with Crippen molar-refractivity contribution < 1.29 is 14.3 Å². The Bertz CT molecular complexity index is 695. The SMILES string of the molecule is COc1ccc(C(=O)N2CCC(c3ccncc3)CC2)c(OC)c1. The van der Waals surface area contributed by atoms with Crippen molar-refractivity contribution >= 4 is 5.91 Å². The van der Waals surface area contributed by atoms with Crippen LogP contribution in [0.3, 0.4) is 0 Å². The van der Waals surface area contributed by atoms with E-state index in [1.54, 1.807) is 32.4 Å². The van der Waals surface area contributed by atoms with Gasteiger partial charge < -0.3 is 14.4 Å². The Kier molecular flexibility index (Phi) is 4.99.